The zero-order valence-corrected chi connectivity index (χ0v) is 12.9. The summed E-state index contributed by atoms with van der Waals surface area (Å²) in [4.78, 5) is 4.35. The molecule has 0 bridgehead atoms. The van der Waals surface area contributed by atoms with Crippen LogP contribution in [0.1, 0.15) is 30.0 Å². The second-order valence-corrected chi connectivity index (χ2v) is 5.56. The number of hydrogen-bond donors (Lipinski definition) is 1. The predicted octanol–water partition coefficient (Wildman–Crippen LogP) is 4.67. The van der Waals surface area contributed by atoms with Crippen molar-refractivity contribution < 1.29 is 4.52 Å². The number of halogens is 1. The molecule has 0 amide bonds. The lowest BCUT2D eigenvalue weighted by molar-refractivity contribution is 0.392. The van der Waals surface area contributed by atoms with Crippen molar-refractivity contribution in [3.8, 4) is 0 Å². The molecule has 0 spiro atoms. The van der Waals surface area contributed by atoms with E-state index in [1.165, 1.54) is 0 Å². The first kappa shape index (κ1) is 13.9. The largest absolute Gasteiger partial charge is 0.378 e. The van der Waals surface area contributed by atoms with Gasteiger partial charge >= 0.3 is 0 Å². The Morgan fingerprint density at radius 1 is 1.24 bits per heavy atom. The molecule has 1 atom stereocenters. The van der Waals surface area contributed by atoms with Gasteiger partial charge in [-0.15, -0.1) is 0 Å². The quantitative estimate of drug-likeness (QED) is 0.764. The maximum atomic E-state index is 6.02. The Bertz CT molecular complexity index is 778. The van der Waals surface area contributed by atoms with Crippen LogP contribution in [0.15, 0.2) is 35.0 Å². The minimum Gasteiger partial charge on any atom is -0.378 e. The molecule has 0 saturated carbocycles. The Morgan fingerprint density at radius 3 is 2.76 bits per heavy atom. The van der Waals surface area contributed by atoms with E-state index in [0.29, 0.717) is 5.02 Å². The van der Waals surface area contributed by atoms with Crippen LogP contribution in [0, 0.1) is 13.8 Å². The smallest absolute Gasteiger partial charge is 0.139 e. The van der Waals surface area contributed by atoms with Crippen LogP contribution in [0.3, 0.4) is 0 Å². The molecule has 0 fully saturated rings. The number of nitrogens with zero attached hydrogens (tertiary/aromatic N) is 2. The Labute approximate surface area is 128 Å². The molecule has 1 N–H and O–H groups in total. The van der Waals surface area contributed by atoms with Gasteiger partial charge in [0.05, 0.1) is 17.3 Å². The van der Waals surface area contributed by atoms with Crippen LogP contribution in [0.2, 0.25) is 5.02 Å². The van der Waals surface area contributed by atoms with E-state index in [1.54, 1.807) is 6.20 Å². The summed E-state index contributed by atoms with van der Waals surface area (Å²) in [6.45, 7) is 5.97. The number of benzene rings is 1. The standard InChI is InChI=1S/C16H16ClN3O/c1-9(16-10(2)20-21-11(16)3)19-14-6-7-18-15-8-12(17)4-5-13(14)15/h4-9H,1-3H3,(H,18,19). The highest BCUT2D eigenvalue weighted by molar-refractivity contribution is 6.31. The van der Waals surface area contributed by atoms with E-state index < -0.39 is 0 Å². The average Bonchev–Trinajstić information content (AvgIpc) is 2.78. The Hall–Kier alpha value is -2.07. The van der Waals surface area contributed by atoms with Gasteiger partial charge in [0.2, 0.25) is 0 Å². The van der Waals surface area contributed by atoms with Gasteiger partial charge in [0.15, 0.2) is 0 Å². The van der Waals surface area contributed by atoms with Crippen LogP contribution in [-0.2, 0) is 0 Å². The van der Waals surface area contributed by atoms with Crippen LogP contribution < -0.4 is 5.32 Å². The second kappa shape index (κ2) is 5.37. The molecule has 5 heteroatoms. The van der Waals surface area contributed by atoms with Gasteiger partial charge in [-0.25, -0.2) is 0 Å². The monoisotopic (exact) mass is 301 g/mol. The van der Waals surface area contributed by atoms with Gasteiger partial charge < -0.3 is 9.84 Å². The third-order valence-corrected chi connectivity index (χ3v) is 3.83. The first-order valence-electron chi connectivity index (χ1n) is 6.80. The molecular formula is C16H16ClN3O. The highest BCUT2D eigenvalue weighted by Gasteiger charge is 2.17. The Morgan fingerprint density at radius 2 is 2.05 bits per heavy atom. The van der Waals surface area contributed by atoms with Crippen LogP contribution in [0.4, 0.5) is 5.69 Å². The van der Waals surface area contributed by atoms with Crippen LogP contribution in [-0.4, -0.2) is 10.1 Å². The lowest BCUT2D eigenvalue weighted by Crippen LogP contribution is -2.08. The van der Waals surface area contributed by atoms with Crippen molar-refractivity contribution in [2.24, 2.45) is 0 Å². The summed E-state index contributed by atoms with van der Waals surface area (Å²) in [5, 5.41) is 9.24. The second-order valence-electron chi connectivity index (χ2n) is 5.12. The fourth-order valence-electron chi connectivity index (χ4n) is 2.66. The van der Waals surface area contributed by atoms with Gasteiger partial charge in [0, 0.05) is 27.9 Å². The maximum absolute atomic E-state index is 6.02. The molecule has 3 rings (SSSR count). The van der Waals surface area contributed by atoms with E-state index in [2.05, 4.69) is 22.4 Å². The summed E-state index contributed by atoms with van der Waals surface area (Å²) in [6, 6.07) is 7.77. The number of nitrogens with one attached hydrogen (secondary N) is 1. The minimum atomic E-state index is 0.0949. The average molecular weight is 302 g/mol. The van der Waals surface area contributed by atoms with E-state index in [4.69, 9.17) is 16.1 Å². The zero-order chi connectivity index (χ0) is 15.0. The van der Waals surface area contributed by atoms with E-state index in [-0.39, 0.29) is 6.04 Å². The third kappa shape index (κ3) is 2.59. The highest BCUT2D eigenvalue weighted by atomic mass is 35.5. The molecule has 4 nitrogen and oxygen atoms in total. The first-order valence-corrected chi connectivity index (χ1v) is 7.17. The normalized spacial score (nSPS) is 12.6. The number of aromatic nitrogens is 2. The van der Waals surface area contributed by atoms with Gasteiger partial charge in [-0.3, -0.25) is 4.98 Å². The molecule has 3 aromatic rings. The van der Waals surface area contributed by atoms with Crippen molar-refractivity contribution in [3.05, 3.63) is 52.5 Å². The molecule has 0 aliphatic carbocycles. The molecule has 0 aliphatic heterocycles. The van der Waals surface area contributed by atoms with Crippen LogP contribution in [0.5, 0.6) is 0 Å². The Balaban J connectivity index is 1.98. The zero-order valence-electron chi connectivity index (χ0n) is 12.1. The fraction of sp³-hybridized carbons (Fsp3) is 0.250. The molecule has 108 valence electrons. The molecule has 0 radical (unpaired) electrons. The van der Waals surface area contributed by atoms with E-state index in [0.717, 1.165) is 33.6 Å². The van der Waals surface area contributed by atoms with Gasteiger partial charge in [-0.2, -0.15) is 0 Å². The SMILES string of the molecule is Cc1noc(C)c1C(C)Nc1ccnc2cc(Cl)ccc12. The van der Waals surface area contributed by atoms with Gasteiger partial charge in [0.25, 0.3) is 0 Å². The molecule has 21 heavy (non-hydrogen) atoms. The lowest BCUT2D eigenvalue weighted by Gasteiger charge is -2.16. The number of rotatable bonds is 3. The highest BCUT2D eigenvalue weighted by Crippen LogP contribution is 2.29. The van der Waals surface area contributed by atoms with Gasteiger partial charge in [-0.05, 0) is 45.0 Å². The molecule has 2 aromatic heterocycles. The van der Waals surface area contributed by atoms with Gasteiger partial charge in [0.1, 0.15) is 5.76 Å². The van der Waals surface area contributed by atoms with Gasteiger partial charge in [-0.1, -0.05) is 16.8 Å². The van der Waals surface area contributed by atoms with Crippen molar-refractivity contribution in [2.45, 2.75) is 26.8 Å². The maximum Gasteiger partial charge on any atom is 0.139 e. The fourth-order valence-corrected chi connectivity index (χ4v) is 2.83. The summed E-state index contributed by atoms with van der Waals surface area (Å²) in [5.41, 5.74) is 3.89. The molecule has 2 heterocycles. The topological polar surface area (TPSA) is 51.0 Å². The summed E-state index contributed by atoms with van der Waals surface area (Å²) in [6.07, 6.45) is 1.78. The Kier molecular flexibility index (Phi) is 3.55. The summed E-state index contributed by atoms with van der Waals surface area (Å²) in [5.74, 6) is 0.842. The summed E-state index contributed by atoms with van der Waals surface area (Å²) >= 11 is 6.02. The van der Waals surface area contributed by atoms with E-state index >= 15 is 0 Å². The number of anilines is 1. The van der Waals surface area contributed by atoms with Crippen molar-refractivity contribution in [3.63, 3.8) is 0 Å². The van der Waals surface area contributed by atoms with Crippen molar-refractivity contribution >= 4 is 28.2 Å². The molecule has 1 unspecified atom stereocenters. The van der Waals surface area contributed by atoms with Crippen LogP contribution >= 0.6 is 11.6 Å². The van der Waals surface area contributed by atoms with Crippen molar-refractivity contribution in [1.29, 1.82) is 0 Å². The molecule has 0 aliphatic rings. The summed E-state index contributed by atoms with van der Waals surface area (Å²) < 4.78 is 5.24. The first-order chi connectivity index (χ1) is 10.1. The van der Waals surface area contributed by atoms with Crippen molar-refractivity contribution in [2.75, 3.05) is 5.32 Å². The van der Waals surface area contributed by atoms with E-state index in [9.17, 15) is 0 Å². The minimum absolute atomic E-state index is 0.0949. The molecular weight excluding hydrogens is 286 g/mol. The lowest BCUT2D eigenvalue weighted by atomic mass is 10.1. The van der Waals surface area contributed by atoms with Crippen molar-refractivity contribution in [1.82, 2.24) is 10.1 Å². The van der Waals surface area contributed by atoms with Crippen LogP contribution in [0.25, 0.3) is 10.9 Å². The predicted molar refractivity (Wildman–Crippen MR) is 84.8 cm³/mol. The van der Waals surface area contributed by atoms with E-state index in [1.807, 2.05) is 38.1 Å². The third-order valence-electron chi connectivity index (χ3n) is 3.60. The number of fused-ring (bicyclic) bond motifs is 1. The summed E-state index contributed by atoms with van der Waals surface area (Å²) in [7, 11) is 0. The number of hydrogen-bond acceptors (Lipinski definition) is 4. The number of pyridine rings is 1. The molecule has 0 saturated heterocycles. The molecule has 1 aromatic carbocycles. The number of aryl methyl sites for hydroxylation is 2.